The van der Waals surface area contributed by atoms with Gasteiger partial charge in [-0.25, -0.2) is 0 Å². The molecule has 0 amide bonds. The minimum atomic E-state index is 0.907. The van der Waals surface area contributed by atoms with Crippen LogP contribution < -0.4 is 4.74 Å². The Kier molecular flexibility index (Phi) is 4.03. The molecule has 3 rings (SSSR count). The molecule has 0 spiro atoms. The molecular weight excluding hydrogens is 246 g/mol. The zero-order valence-corrected chi connectivity index (χ0v) is 12.0. The van der Waals surface area contributed by atoms with Crippen LogP contribution in [0.1, 0.15) is 24.0 Å². The normalized spacial score (nSPS) is 15.4. The fourth-order valence-electron chi connectivity index (χ4n) is 2.65. The molecule has 0 saturated carbocycles. The van der Waals surface area contributed by atoms with E-state index in [2.05, 4.69) is 42.2 Å². The molecule has 0 aliphatic carbocycles. The van der Waals surface area contributed by atoms with Gasteiger partial charge in [0.15, 0.2) is 0 Å². The number of rotatable bonds is 4. The maximum Gasteiger partial charge on any atom is 0.131 e. The van der Waals surface area contributed by atoms with E-state index in [0.29, 0.717) is 0 Å². The minimum absolute atomic E-state index is 0.907. The van der Waals surface area contributed by atoms with E-state index < -0.39 is 0 Å². The van der Waals surface area contributed by atoms with E-state index in [1.165, 1.54) is 37.1 Å². The van der Waals surface area contributed by atoms with Crippen molar-refractivity contribution in [1.82, 2.24) is 4.90 Å². The molecule has 2 nitrogen and oxygen atoms in total. The van der Waals surface area contributed by atoms with Crippen LogP contribution in [0, 0.1) is 6.92 Å². The lowest BCUT2D eigenvalue weighted by Gasteiger charge is -2.17. The molecule has 1 aliphatic rings. The average Bonchev–Trinajstić information content (AvgIpc) is 2.96. The standard InChI is InChI=1S/C18H21NO/c1-15-8-10-17(11-9-15)20-18-7-3-2-6-16(18)14-19-12-4-5-13-19/h2-3,6-11H,4-5,12-14H2,1H3. The monoisotopic (exact) mass is 267 g/mol. The predicted octanol–water partition coefficient (Wildman–Crippen LogP) is 4.38. The van der Waals surface area contributed by atoms with Crippen molar-refractivity contribution in [1.29, 1.82) is 0 Å². The highest BCUT2D eigenvalue weighted by Crippen LogP contribution is 2.27. The Morgan fingerprint density at radius 1 is 0.950 bits per heavy atom. The number of benzene rings is 2. The lowest BCUT2D eigenvalue weighted by molar-refractivity contribution is 0.325. The second-order valence-electron chi connectivity index (χ2n) is 5.51. The van der Waals surface area contributed by atoms with Crippen LogP contribution in [-0.4, -0.2) is 18.0 Å². The summed E-state index contributed by atoms with van der Waals surface area (Å²) in [6.07, 6.45) is 2.64. The lowest BCUT2D eigenvalue weighted by Crippen LogP contribution is -2.18. The highest BCUT2D eigenvalue weighted by molar-refractivity contribution is 5.38. The van der Waals surface area contributed by atoms with E-state index in [1.807, 2.05) is 18.2 Å². The number of hydrogen-bond donors (Lipinski definition) is 0. The number of likely N-dealkylation sites (tertiary alicyclic amines) is 1. The van der Waals surface area contributed by atoms with Crippen LogP contribution in [0.3, 0.4) is 0 Å². The summed E-state index contributed by atoms with van der Waals surface area (Å²) in [7, 11) is 0. The molecule has 0 bridgehead atoms. The third-order valence-corrected chi connectivity index (χ3v) is 3.81. The Morgan fingerprint density at radius 2 is 1.65 bits per heavy atom. The summed E-state index contributed by atoms with van der Waals surface area (Å²) in [5.74, 6) is 1.88. The maximum absolute atomic E-state index is 6.05. The number of hydrogen-bond acceptors (Lipinski definition) is 2. The molecule has 1 heterocycles. The fraction of sp³-hybridized carbons (Fsp3) is 0.333. The van der Waals surface area contributed by atoms with Crippen molar-refractivity contribution in [3.8, 4) is 11.5 Å². The molecule has 0 radical (unpaired) electrons. The number of ether oxygens (including phenoxy) is 1. The second-order valence-corrected chi connectivity index (χ2v) is 5.51. The molecule has 1 aliphatic heterocycles. The first-order valence-corrected chi connectivity index (χ1v) is 7.36. The van der Waals surface area contributed by atoms with Crippen molar-refractivity contribution < 1.29 is 4.74 Å². The van der Waals surface area contributed by atoms with Crippen molar-refractivity contribution in [2.75, 3.05) is 13.1 Å². The van der Waals surface area contributed by atoms with Gasteiger partial charge in [-0.15, -0.1) is 0 Å². The third-order valence-electron chi connectivity index (χ3n) is 3.81. The topological polar surface area (TPSA) is 12.5 Å². The van der Waals surface area contributed by atoms with Crippen molar-refractivity contribution in [3.63, 3.8) is 0 Å². The molecule has 0 aromatic heterocycles. The number of para-hydroxylation sites is 1. The first-order chi connectivity index (χ1) is 9.81. The van der Waals surface area contributed by atoms with Crippen LogP contribution in [0.25, 0.3) is 0 Å². The van der Waals surface area contributed by atoms with E-state index in [9.17, 15) is 0 Å². The van der Waals surface area contributed by atoms with Gasteiger partial charge in [-0.1, -0.05) is 35.9 Å². The van der Waals surface area contributed by atoms with Crippen LogP contribution in [0.2, 0.25) is 0 Å². The van der Waals surface area contributed by atoms with E-state index in [1.54, 1.807) is 0 Å². The van der Waals surface area contributed by atoms with Gasteiger partial charge >= 0.3 is 0 Å². The van der Waals surface area contributed by atoms with Gasteiger partial charge in [0.05, 0.1) is 0 Å². The zero-order valence-electron chi connectivity index (χ0n) is 12.0. The Bertz CT molecular complexity index is 556. The van der Waals surface area contributed by atoms with Gasteiger partial charge in [-0.2, -0.15) is 0 Å². The van der Waals surface area contributed by atoms with Gasteiger partial charge in [0.25, 0.3) is 0 Å². The Balaban J connectivity index is 1.76. The van der Waals surface area contributed by atoms with E-state index in [-0.39, 0.29) is 0 Å². The Hall–Kier alpha value is -1.80. The molecule has 2 aromatic carbocycles. The Labute approximate surface area is 121 Å². The van der Waals surface area contributed by atoms with Gasteiger partial charge in [-0.05, 0) is 51.1 Å². The summed E-state index contributed by atoms with van der Waals surface area (Å²) in [6.45, 7) is 5.49. The Morgan fingerprint density at radius 3 is 2.40 bits per heavy atom. The van der Waals surface area contributed by atoms with Crippen molar-refractivity contribution in [2.45, 2.75) is 26.3 Å². The largest absolute Gasteiger partial charge is 0.457 e. The van der Waals surface area contributed by atoms with E-state index in [4.69, 9.17) is 4.74 Å². The van der Waals surface area contributed by atoms with E-state index in [0.717, 1.165) is 18.0 Å². The molecule has 1 fully saturated rings. The van der Waals surface area contributed by atoms with Gasteiger partial charge in [0.2, 0.25) is 0 Å². The van der Waals surface area contributed by atoms with Gasteiger partial charge in [-0.3, -0.25) is 4.90 Å². The maximum atomic E-state index is 6.05. The van der Waals surface area contributed by atoms with Crippen LogP contribution in [0.15, 0.2) is 48.5 Å². The lowest BCUT2D eigenvalue weighted by atomic mass is 10.2. The van der Waals surface area contributed by atoms with Crippen LogP contribution in [0.4, 0.5) is 0 Å². The number of nitrogens with zero attached hydrogens (tertiary/aromatic N) is 1. The summed E-state index contributed by atoms with van der Waals surface area (Å²) < 4.78 is 6.05. The third kappa shape index (κ3) is 3.20. The molecule has 104 valence electrons. The molecule has 2 aromatic rings. The molecular formula is C18H21NO. The smallest absolute Gasteiger partial charge is 0.131 e. The summed E-state index contributed by atoms with van der Waals surface area (Å²) in [6, 6.07) is 16.6. The van der Waals surface area contributed by atoms with Gasteiger partial charge in [0.1, 0.15) is 11.5 Å². The summed E-state index contributed by atoms with van der Waals surface area (Å²) in [5.41, 5.74) is 2.53. The first-order valence-electron chi connectivity index (χ1n) is 7.36. The quantitative estimate of drug-likeness (QED) is 0.815. The fourth-order valence-corrected chi connectivity index (χ4v) is 2.65. The summed E-state index contributed by atoms with van der Waals surface area (Å²) in [4.78, 5) is 2.50. The molecule has 2 heteroatoms. The second kappa shape index (κ2) is 6.10. The first kappa shape index (κ1) is 13.2. The zero-order chi connectivity index (χ0) is 13.8. The summed E-state index contributed by atoms with van der Waals surface area (Å²) >= 11 is 0. The van der Waals surface area contributed by atoms with Crippen LogP contribution in [0.5, 0.6) is 11.5 Å². The molecule has 1 saturated heterocycles. The van der Waals surface area contributed by atoms with Crippen molar-refractivity contribution >= 4 is 0 Å². The molecule has 0 unspecified atom stereocenters. The highest BCUT2D eigenvalue weighted by Gasteiger charge is 2.14. The van der Waals surface area contributed by atoms with Gasteiger partial charge < -0.3 is 4.74 Å². The molecule has 0 atom stereocenters. The average molecular weight is 267 g/mol. The minimum Gasteiger partial charge on any atom is -0.457 e. The predicted molar refractivity (Wildman–Crippen MR) is 82.2 cm³/mol. The SMILES string of the molecule is Cc1ccc(Oc2ccccc2CN2CCCC2)cc1. The molecule has 20 heavy (non-hydrogen) atoms. The molecule has 0 N–H and O–H groups in total. The number of aryl methyl sites for hydroxylation is 1. The van der Waals surface area contributed by atoms with E-state index >= 15 is 0 Å². The summed E-state index contributed by atoms with van der Waals surface area (Å²) in [5, 5.41) is 0. The van der Waals surface area contributed by atoms with Crippen LogP contribution in [-0.2, 0) is 6.54 Å². The van der Waals surface area contributed by atoms with Crippen molar-refractivity contribution in [3.05, 3.63) is 59.7 Å². The van der Waals surface area contributed by atoms with Crippen molar-refractivity contribution in [2.24, 2.45) is 0 Å². The highest BCUT2D eigenvalue weighted by atomic mass is 16.5. The van der Waals surface area contributed by atoms with Gasteiger partial charge in [0, 0.05) is 12.1 Å². The van der Waals surface area contributed by atoms with Crippen LogP contribution >= 0.6 is 0 Å².